The van der Waals surface area contributed by atoms with Crippen molar-refractivity contribution in [2.75, 3.05) is 12.0 Å². The number of benzene rings is 3. The summed E-state index contributed by atoms with van der Waals surface area (Å²) in [6, 6.07) is 15.2. The molecule has 0 aliphatic carbocycles. The fourth-order valence-electron chi connectivity index (χ4n) is 3.36. The van der Waals surface area contributed by atoms with E-state index in [0.717, 1.165) is 21.2 Å². The standard InChI is InChI=1S/C23H17ClN2O4/c1-13-7-9-15(11-19(13)24)26-22(28)18(21(27)25-23(26)29)12-17-16-6-4-3-5-14(16)8-10-20(17)30-2/h3-12H,1-2H3,(H,25,27,29)/b18-12+. The first kappa shape index (κ1) is 19.7. The summed E-state index contributed by atoms with van der Waals surface area (Å²) in [5.41, 5.74) is 1.47. The summed E-state index contributed by atoms with van der Waals surface area (Å²) in [6.07, 6.45) is 1.45. The van der Waals surface area contributed by atoms with Crippen LogP contribution in [0.25, 0.3) is 16.8 Å². The van der Waals surface area contributed by atoms with Gasteiger partial charge in [0, 0.05) is 10.6 Å². The minimum absolute atomic E-state index is 0.180. The first-order chi connectivity index (χ1) is 14.4. The highest BCUT2D eigenvalue weighted by Crippen LogP contribution is 2.32. The molecule has 4 rings (SSSR count). The van der Waals surface area contributed by atoms with E-state index in [-0.39, 0.29) is 11.3 Å². The molecule has 0 radical (unpaired) electrons. The maximum absolute atomic E-state index is 13.2. The van der Waals surface area contributed by atoms with E-state index in [1.54, 1.807) is 18.2 Å². The number of fused-ring (bicyclic) bond motifs is 1. The van der Waals surface area contributed by atoms with Crippen LogP contribution in [-0.4, -0.2) is 25.0 Å². The molecule has 0 spiro atoms. The second kappa shape index (κ2) is 7.65. The van der Waals surface area contributed by atoms with E-state index in [1.807, 2.05) is 37.3 Å². The predicted molar refractivity (Wildman–Crippen MR) is 116 cm³/mol. The maximum Gasteiger partial charge on any atom is 0.335 e. The van der Waals surface area contributed by atoms with Crippen LogP contribution in [-0.2, 0) is 9.59 Å². The van der Waals surface area contributed by atoms with Crippen molar-refractivity contribution in [2.45, 2.75) is 6.92 Å². The van der Waals surface area contributed by atoms with E-state index in [4.69, 9.17) is 16.3 Å². The van der Waals surface area contributed by atoms with Gasteiger partial charge in [-0.3, -0.25) is 14.9 Å². The third kappa shape index (κ3) is 3.31. The smallest absolute Gasteiger partial charge is 0.335 e. The van der Waals surface area contributed by atoms with Crippen molar-refractivity contribution in [3.8, 4) is 5.75 Å². The summed E-state index contributed by atoms with van der Waals surface area (Å²) in [6.45, 7) is 1.81. The third-order valence-corrected chi connectivity index (χ3v) is 5.36. The molecule has 30 heavy (non-hydrogen) atoms. The van der Waals surface area contributed by atoms with Crippen molar-refractivity contribution in [2.24, 2.45) is 0 Å². The van der Waals surface area contributed by atoms with Crippen LogP contribution < -0.4 is 15.0 Å². The Bertz CT molecular complexity index is 1250. The number of aryl methyl sites for hydroxylation is 1. The van der Waals surface area contributed by atoms with Crippen molar-refractivity contribution in [3.63, 3.8) is 0 Å². The average molecular weight is 421 g/mol. The number of ether oxygens (including phenoxy) is 1. The monoisotopic (exact) mass is 420 g/mol. The van der Waals surface area contributed by atoms with Gasteiger partial charge in [-0.05, 0) is 47.5 Å². The summed E-state index contributed by atoms with van der Waals surface area (Å²) < 4.78 is 5.44. The molecule has 1 N–H and O–H groups in total. The van der Waals surface area contributed by atoms with Gasteiger partial charge in [-0.2, -0.15) is 0 Å². The fraction of sp³-hybridized carbons (Fsp3) is 0.0870. The summed E-state index contributed by atoms with van der Waals surface area (Å²) in [7, 11) is 1.51. The Morgan fingerprint density at radius 1 is 1.03 bits per heavy atom. The van der Waals surface area contributed by atoms with Crippen molar-refractivity contribution in [1.29, 1.82) is 0 Å². The maximum atomic E-state index is 13.2. The molecule has 0 unspecified atom stereocenters. The zero-order valence-electron chi connectivity index (χ0n) is 16.2. The number of hydrogen-bond acceptors (Lipinski definition) is 4. The molecule has 0 saturated carbocycles. The lowest BCUT2D eigenvalue weighted by Crippen LogP contribution is -2.54. The van der Waals surface area contributed by atoms with Crippen molar-refractivity contribution in [1.82, 2.24) is 5.32 Å². The van der Waals surface area contributed by atoms with Crippen LogP contribution in [0, 0.1) is 6.92 Å². The van der Waals surface area contributed by atoms with Gasteiger partial charge in [-0.1, -0.05) is 48.0 Å². The van der Waals surface area contributed by atoms with E-state index < -0.39 is 17.8 Å². The third-order valence-electron chi connectivity index (χ3n) is 4.95. The van der Waals surface area contributed by atoms with Crippen LogP contribution in [0.4, 0.5) is 10.5 Å². The minimum atomic E-state index is -0.827. The first-order valence-electron chi connectivity index (χ1n) is 9.14. The van der Waals surface area contributed by atoms with Gasteiger partial charge in [0.25, 0.3) is 11.8 Å². The lowest BCUT2D eigenvalue weighted by atomic mass is 9.99. The molecule has 150 valence electrons. The summed E-state index contributed by atoms with van der Waals surface area (Å²) >= 11 is 6.16. The zero-order valence-corrected chi connectivity index (χ0v) is 17.0. The second-order valence-corrected chi connectivity index (χ2v) is 7.20. The predicted octanol–water partition coefficient (Wildman–Crippen LogP) is 4.48. The molecule has 3 aromatic rings. The lowest BCUT2D eigenvalue weighted by molar-refractivity contribution is -0.122. The topological polar surface area (TPSA) is 75.7 Å². The van der Waals surface area contributed by atoms with Gasteiger partial charge in [-0.15, -0.1) is 0 Å². The molecule has 1 heterocycles. The molecular formula is C23H17ClN2O4. The van der Waals surface area contributed by atoms with Crippen LogP contribution in [0.15, 0.2) is 60.2 Å². The quantitative estimate of drug-likeness (QED) is 0.500. The SMILES string of the molecule is COc1ccc2ccccc2c1/C=C1\C(=O)NC(=O)N(c2ccc(C)c(Cl)c2)C1=O. The molecule has 0 atom stereocenters. The molecule has 1 aliphatic rings. The van der Waals surface area contributed by atoms with E-state index in [2.05, 4.69) is 5.32 Å². The normalized spacial score (nSPS) is 15.6. The Balaban J connectivity index is 1.86. The van der Waals surface area contributed by atoms with Crippen molar-refractivity contribution < 1.29 is 19.1 Å². The Morgan fingerprint density at radius 3 is 2.53 bits per heavy atom. The van der Waals surface area contributed by atoms with E-state index in [0.29, 0.717) is 16.3 Å². The molecule has 1 saturated heterocycles. The van der Waals surface area contributed by atoms with Crippen molar-refractivity contribution >= 4 is 52.0 Å². The Kier molecular flexibility index (Phi) is 5.01. The van der Waals surface area contributed by atoms with E-state index in [1.165, 1.54) is 19.3 Å². The summed E-state index contributed by atoms with van der Waals surface area (Å²) in [5, 5.41) is 4.37. The number of barbiturate groups is 1. The minimum Gasteiger partial charge on any atom is -0.496 e. The number of hydrogen-bond donors (Lipinski definition) is 1. The van der Waals surface area contributed by atoms with E-state index >= 15 is 0 Å². The number of anilines is 1. The van der Waals surface area contributed by atoms with E-state index in [9.17, 15) is 14.4 Å². The van der Waals surface area contributed by atoms with Gasteiger partial charge in [0.2, 0.25) is 0 Å². The number of amides is 4. The molecular weight excluding hydrogens is 404 g/mol. The number of halogens is 1. The Labute approximate surface area is 177 Å². The van der Waals surface area contributed by atoms with Crippen LogP contribution in [0.2, 0.25) is 5.02 Å². The summed E-state index contributed by atoms with van der Waals surface area (Å²) in [5.74, 6) is -1.00. The van der Waals surface area contributed by atoms with Gasteiger partial charge < -0.3 is 4.74 Å². The van der Waals surface area contributed by atoms with Gasteiger partial charge in [0.15, 0.2) is 0 Å². The number of methoxy groups -OCH3 is 1. The van der Waals surface area contributed by atoms with Gasteiger partial charge in [0.1, 0.15) is 11.3 Å². The van der Waals surface area contributed by atoms with Crippen LogP contribution in [0.1, 0.15) is 11.1 Å². The average Bonchev–Trinajstić information content (AvgIpc) is 2.73. The Hall–Kier alpha value is -3.64. The molecule has 0 aromatic heterocycles. The van der Waals surface area contributed by atoms with Crippen LogP contribution in [0.5, 0.6) is 5.75 Å². The first-order valence-corrected chi connectivity index (χ1v) is 9.52. The molecule has 7 heteroatoms. The molecule has 3 aromatic carbocycles. The van der Waals surface area contributed by atoms with Crippen LogP contribution in [0.3, 0.4) is 0 Å². The molecule has 1 aliphatic heterocycles. The number of nitrogens with zero attached hydrogens (tertiary/aromatic N) is 1. The zero-order chi connectivity index (χ0) is 21.4. The largest absolute Gasteiger partial charge is 0.496 e. The molecule has 6 nitrogen and oxygen atoms in total. The molecule has 1 fully saturated rings. The molecule has 0 bridgehead atoms. The van der Waals surface area contributed by atoms with Crippen LogP contribution >= 0.6 is 11.6 Å². The highest BCUT2D eigenvalue weighted by atomic mass is 35.5. The number of carbonyl (C=O) groups excluding carboxylic acids is 3. The summed E-state index contributed by atoms with van der Waals surface area (Å²) in [4.78, 5) is 39.0. The van der Waals surface area contributed by atoms with Gasteiger partial charge in [0.05, 0.1) is 12.8 Å². The highest BCUT2D eigenvalue weighted by Gasteiger charge is 2.37. The number of urea groups is 1. The highest BCUT2D eigenvalue weighted by molar-refractivity contribution is 6.39. The number of nitrogens with one attached hydrogen (secondary N) is 1. The number of imide groups is 2. The van der Waals surface area contributed by atoms with Crippen molar-refractivity contribution in [3.05, 3.63) is 76.3 Å². The second-order valence-electron chi connectivity index (χ2n) is 6.79. The molecule has 4 amide bonds. The fourth-order valence-corrected chi connectivity index (χ4v) is 3.53. The number of carbonyl (C=O) groups is 3. The number of rotatable bonds is 3. The van der Waals surface area contributed by atoms with Gasteiger partial charge >= 0.3 is 6.03 Å². The van der Waals surface area contributed by atoms with Gasteiger partial charge in [-0.25, -0.2) is 9.69 Å². The lowest BCUT2D eigenvalue weighted by Gasteiger charge is -2.26. The Morgan fingerprint density at radius 2 is 1.80 bits per heavy atom.